The second kappa shape index (κ2) is 5.44. The fourth-order valence-electron chi connectivity index (χ4n) is 2.43. The van der Waals surface area contributed by atoms with Gasteiger partial charge in [0.1, 0.15) is 18.2 Å². The highest BCUT2D eigenvalue weighted by molar-refractivity contribution is 5.90. The molecule has 3 rings (SSSR count). The van der Waals surface area contributed by atoms with Gasteiger partial charge >= 0.3 is 5.97 Å². The third-order valence-electron chi connectivity index (χ3n) is 3.51. The molecule has 1 aliphatic heterocycles. The maximum Gasteiger partial charge on any atom is 0.339 e. The molecule has 0 bridgehead atoms. The van der Waals surface area contributed by atoms with Crippen molar-refractivity contribution in [1.29, 1.82) is 0 Å². The molecule has 0 spiro atoms. The van der Waals surface area contributed by atoms with E-state index in [1.165, 1.54) is 7.11 Å². The zero-order chi connectivity index (χ0) is 14.8. The molecule has 1 unspecified atom stereocenters. The summed E-state index contributed by atoms with van der Waals surface area (Å²) >= 11 is 0. The number of rotatable bonds is 3. The molecule has 0 saturated carbocycles. The summed E-state index contributed by atoms with van der Waals surface area (Å²) in [6.45, 7) is 2.36. The number of nitrogens with zero attached hydrogens (tertiary/aromatic N) is 1. The van der Waals surface area contributed by atoms with Gasteiger partial charge in [0.25, 0.3) is 0 Å². The van der Waals surface area contributed by atoms with Crippen molar-refractivity contribution in [3.05, 3.63) is 53.2 Å². The lowest BCUT2D eigenvalue weighted by atomic mass is 10.1. The second-order valence-electron chi connectivity index (χ2n) is 4.87. The molecule has 1 N–H and O–H groups in total. The number of benzene rings is 1. The first-order chi connectivity index (χ1) is 10.2. The number of nitrogens with one attached hydrogen (secondary N) is 1. The van der Waals surface area contributed by atoms with Crippen molar-refractivity contribution in [1.82, 2.24) is 4.98 Å². The van der Waals surface area contributed by atoms with E-state index < -0.39 is 0 Å². The minimum absolute atomic E-state index is 0.0667. The third kappa shape index (κ3) is 2.54. The maximum absolute atomic E-state index is 11.6. The first-order valence-electron chi connectivity index (χ1n) is 6.73. The van der Waals surface area contributed by atoms with E-state index in [1.807, 2.05) is 24.3 Å². The van der Waals surface area contributed by atoms with E-state index in [0.717, 1.165) is 11.3 Å². The van der Waals surface area contributed by atoms with E-state index in [9.17, 15) is 4.79 Å². The van der Waals surface area contributed by atoms with Crippen LogP contribution < -0.4 is 10.1 Å². The maximum atomic E-state index is 11.6. The lowest BCUT2D eigenvalue weighted by Gasteiger charge is -2.13. The molecule has 1 aliphatic rings. The van der Waals surface area contributed by atoms with Gasteiger partial charge in [0, 0.05) is 5.56 Å². The Morgan fingerprint density at radius 3 is 2.90 bits per heavy atom. The molecule has 1 aromatic carbocycles. The van der Waals surface area contributed by atoms with Gasteiger partial charge in [0.2, 0.25) is 0 Å². The Morgan fingerprint density at radius 2 is 2.14 bits per heavy atom. The average Bonchev–Trinajstić information content (AvgIpc) is 2.90. The quantitative estimate of drug-likeness (QED) is 0.878. The number of hydrogen-bond acceptors (Lipinski definition) is 5. The third-order valence-corrected chi connectivity index (χ3v) is 3.51. The summed E-state index contributed by atoms with van der Waals surface area (Å²) in [6.07, 6.45) is 0. The van der Waals surface area contributed by atoms with Crippen molar-refractivity contribution in [3.8, 4) is 5.75 Å². The van der Waals surface area contributed by atoms with Crippen LogP contribution in [0.3, 0.4) is 0 Å². The molecule has 0 saturated heterocycles. The van der Waals surface area contributed by atoms with Crippen molar-refractivity contribution in [2.24, 2.45) is 0 Å². The van der Waals surface area contributed by atoms with Crippen LogP contribution >= 0.6 is 0 Å². The van der Waals surface area contributed by atoms with Crippen molar-refractivity contribution in [2.75, 3.05) is 19.0 Å². The number of aryl methyl sites for hydroxylation is 1. The molecule has 2 heterocycles. The number of hydrogen-bond donors (Lipinski definition) is 1. The van der Waals surface area contributed by atoms with Gasteiger partial charge in [-0.2, -0.15) is 0 Å². The summed E-state index contributed by atoms with van der Waals surface area (Å²) in [5.41, 5.74) is 2.24. The smallest absolute Gasteiger partial charge is 0.339 e. The lowest BCUT2D eigenvalue weighted by molar-refractivity contribution is 0.0599. The number of pyridine rings is 1. The Labute approximate surface area is 122 Å². The minimum atomic E-state index is -0.374. The summed E-state index contributed by atoms with van der Waals surface area (Å²) in [6, 6.07) is 11.5. The average molecular weight is 284 g/mol. The van der Waals surface area contributed by atoms with Crippen LogP contribution in [0.2, 0.25) is 0 Å². The summed E-state index contributed by atoms with van der Waals surface area (Å²) in [5, 5.41) is 3.33. The van der Waals surface area contributed by atoms with Crippen LogP contribution in [-0.4, -0.2) is 24.7 Å². The zero-order valence-electron chi connectivity index (χ0n) is 11.9. The molecule has 0 aliphatic carbocycles. The van der Waals surface area contributed by atoms with Crippen molar-refractivity contribution in [2.45, 2.75) is 13.0 Å². The van der Waals surface area contributed by atoms with Gasteiger partial charge in [0.05, 0.1) is 24.4 Å². The highest BCUT2D eigenvalue weighted by Crippen LogP contribution is 2.33. The van der Waals surface area contributed by atoms with E-state index in [2.05, 4.69) is 10.3 Å². The van der Waals surface area contributed by atoms with Gasteiger partial charge < -0.3 is 14.8 Å². The second-order valence-corrected chi connectivity index (χ2v) is 4.87. The van der Waals surface area contributed by atoms with Crippen LogP contribution in [0, 0.1) is 6.92 Å². The van der Waals surface area contributed by atoms with E-state index in [-0.39, 0.29) is 12.0 Å². The molecule has 0 amide bonds. The van der Waals surface area contributed by atoms with Gasteiger partial charge in [-0.15, -0.1) is 0 Å². The first kappa shape index (κ1) is 13.4. The first-order valence-corrected chi connectivity index (χ1v) is 6.73. The molecule has 1 atom stereocenters. The molecular weight excluding hydrogens is 268 g/mol. The van der Waals surface area contributed by atoms with Crippen LogP contribution in [0.25, 0.3) is 0 Å². The summed E-state index contributed by atoms with van der Waals surface area (Å²) in [4.78, 5) is 16.0. The Morgan fingerprint density at radius 1 is 1.33 bits per heavy atom. The number of carbonyl (C=O) groups is 1. The van der Waals surface area contributed by atoms with Crippen LogP contribution in [0.15, 0.2) is 36.4 Å². The highest BCUT2D eigenvalue weighted by atomic mass is 16.5. The van der Waals surface area contributed by atoms with Crippen LogP contribution in [0.5, 0.6) is 5.75 Å². The predicted octanol–water partition coefficient (Wildman–Crippen LogP) is 2.72. The molecule has 1 aromatic heterocycles. The lowest BCUT2D eigenvalue weighted by Crippen LogP contribution is -2.14. The van der Waals surface area contributed by atoms with E-state index in [1.54, 1.807) is 19.1 Å². The number of methoxy groups -OCH3 is 1. The van der Waals surface area contributed by atoms with Crippen molar-refractivity contribution < 1.29 is 14.3 Å². The molecule has 21 heavy (non-hydrogen) atoms. The summed E-state index contributed by atoms with van der Waals surface area (Å²) in [7, 11) is 1.36. The molecule has 5 nitrogen and oxygen atoms in total. The number of para-hydroxylation sites is 1. The zero-order valence-corrected chi connectivity index (χ0v) is 11.9. The number of ether oxygens (including phenoxy) is 2. The largest absolute Gasteiger partial charge is 0.491 e. The number of esters is 1. The van der Waals surface area contributed by atoms with E-state index in [0.29, 0.717) is 23.7 Å². The number of aromatic nitrogens is 1. The minimum Gasteiger partial charge on any atom is -0.491 e. The van der Waals surface area contributed by atoms with Crippen LogP contribution in [-0.2, 0) is 4.74 Å². The molecule has 108 valence electrons. The summed E-state index contributed by atoms with van der Waals surface area (Å²) in [5.74, 6) is 1.24. The number of anilines is 1. The Kier molecular flexibility index (Phi) is 3.48. The highest BCUT2D eigenvalue weighted by Gasteiger charge is 2.24. The fourth-order valence-corrected chi connectivity index (χ4v) is 2.43. The molecule has 5 heteroatoms. The van der Waals surface area contributed by atoms with Crippen molar-refractivity contribution >= 4 is 11.8 Å². The van der Waals surface area contributed by atoms with Gasteiger partial charge in [-0.3, -0.25) is 0 Å². The topological polar surface area (TPSA) is 60.5 Å². The number of carbonyl (C=O) groups excluding carboxylic acids is 1. The normalized spacial score (nSPS) is 16.0. The molecule has 2 aromatic rings. The standard InChI is InChI=1S/C16H16N2O3/c1-10-11(16(19)20-2)7-8-15(17-10)18-13-9-21-14-6-4-3-5-12(13)14/h3-8,13H,9H2,1-2H3,(H,17,18). The Bertz CT molecular complexity index is 685. The van der Waals surface area contributed by atoms with Gasteiger partial charge in [-0.25, -0.2) is 9.78 Å². The monoisotopic (exact) mass is 284 g/mol. The van der Waals surface area contributed by atoms with Crippen LogP contribution in [0.1, 0.15) is 27.7 Å². The SMILES string of the molecule is COC(=O)c1ccc(NC2COc3ccccc32)nc1C. The van der Waals surface area contributed by atoms with Gasteiger partial charge in [-0.05, 0) is 25.1 Å². The molecular formula is C16H16N2O3. The number of fused-ring (bicyclic) bond motifs is 1. The van der Waals surface area contributed by atoms with Crippen molar-refractivity contribution in [3.63, 3.8) is 0 Å². The van der Waals surface area contributed by atoms with Gasteiger partial charge in [-0.1, -0.05) is 18.2 Å². The Hall–Kier alpha value is -2.56. The fraction of sp³-hybridized carbons (Fsp3) is 0.250. The molecule has 0 radical (unpaired) electrons. The Balaban J connectivity index is 1.81. The van der Waals surface area contributed by atoms with Crippen LogP contribution in [0.4, 0.5) is 5.82 Å². The summed E-state index contributed by atoms with van der Waals surface area (Å²) < 4.78 is 10.3. The molecule has 0 fully saturated rings. The van der Waals surface area contributed by atoms with Gasteiger partial charge in [0.15, 0.2) is 0 Å². The van der Waals surface area contributed by atoms with E-state index in [4.69, 9.17) is 9.47 Å². The van der Waals surface area contributed by atoms with E-state index >= 15 is 0 Å². The predicted molar refractivity (Wildman–Crippen MR) is 78.6 cm³/mol.